The van der Waals surface area contributed by atoms with E-state index in [-0.39, 0.29) is 22.9 Å². The average molecular weight is 478 g/mol. The first-order valence-electron chi connectivity index (χ1n) is 11.8. The molecule has 0 saturated carbocycles. The summed E-state index contributed by atoms with van der Waals surface area (Å²) in [6.45, 7) is 10.0. The van der Waals surface area contributed by atoms with Gasteiger partial charge in [-0.25, -0.2) is 0 Å². The van der Waals surface area contributed by atoms with Crippen LogP contribution >= 0.6 is 0 Å². The Labute approximate surface area is 204 Å². The van der Waals surface area contributed by atoms with Gasteiger partial charge in [0, 0.05) is 18.2 Å². The normalized spacial score (nSPS) is 16.7. The number of nitro groups is 1. The third-order valence-electron chi connectivity index (χ3n) is 6.47. The van der Waals surface area contributed by atoms with Gasteiger partial charge in [0.2, 0.25) is 17.6 Å². The summed E-state index contributed by atoms with van der Waals surface area (Å²) in [6.07, 6.45) is 1.62. The fourth-order valence-electron chi connectivity index (χ4n) is 4.35. The maximum Gasteiger partial charge on any atom is 0.274 e. The second-order valence-corrected chi connectivity index (χ2v) is 10.1. The van der Waals surface area contributed by atoms with Crippen LogP contribution in [0, 0.1) is 23.0 Å². The highest BCUT2D eigenvalue weighted by atomic mass is 16.6. The van der Waals surface area contributed by atoms with Crippen molar-refractivity contribution in [2.75, 3.05) is 18.4 Å². The quantitative estimate of drug-likeness (QED) is 0.388. The van der Waals surface area contributed by atoms with Gasteiger partial charge in [0.05, 0.1) is 28.6 Å². The number of nitro benzene ring substituents is 1. The molecule has 2 heterocycles. The second-order valence-electron chi connectivity index (χ2n) is 10.1. The van der Waals surface area contributed by atoms with Crippen molar-refractivity contribution in [1.82, 2.24) is 15.0 Å². The molecular weight excluding hydrogens is 446 g/mol. The molecule has 0 bridgehead atoms. The summed E-state index contributed by atoms with van der Waals surface area (Å²) in [6, 6.07) is 12.9. The Balaban J connectivity index is 1.38. The molecule has 1 atom stereocenters. The molecular formula is C26H31N5O4. The van der Waals surface area contributed by atoms with E-state index in [1.54, 1.807) is 19.1 Å². The third kappa shape index (κ3) is 5.74. The number of carbonyl (C=O) groups excluding carboxylic acids is 1. The molecule has 9 heteroatoms. The van der Waals surface area contributed by atoms with E-state index in [4.69, 9.17) is 4.52 Å². The highest BCUT2D eigenvalue weighted by molar-refractivity contribution is 5.94. The number of amides is 1. The Bertz CT molecular complexity index is 1210. The molecule has 184 valence electrons. The standard InChI is InChI=1S/C26H31N5O4/c1-17-21(8-5-9-22(17)31(33)34)27-25(32)19-7-6-14-30(15-19)16-23-28-24(29-35-23)18-10-12-20(13-11-18)26(2,3)4/h5,8-13,19H,6-7,14-16H2,1-4H3,(H,27,32). The number of hydrogen-bond donors (Lipinski definition) is 1. The zero-order chi connectivity index (χ0) is 25.2. The van der Waals surface area contributed by atoms with Crippen LogP contribution in [0.3, 0.4) is 0 Å². The number of benzene rings is 2. The van der Waals surface area contributed by atoms with Gasteiger partial charge in [-0.3, -0.25) is 19.8 Å². The summed E-state index contributed by atoms with van der Waals surface area (Å²) >= 11 is 0. The van der Waals surface area contributed by atoms with Crippen molar-refractivity contribution in [3.63, 3.8) is 0 Å². The Morgan fingerprint density at radius 1 is 1.23 bits per heavy atom. The molecule has 2 aromatic carbocycles. The monoisotopic (exact) mass is 477 g/mol. The van der Waals surface area contributed by atoms with Crippen LogP contribution in [0.15, 0.2) is 47.0 Å². The van der Waals surface area contributed by atoms with Crippen molar-refractivity contribution in [2.45, 2.75) is 52.5 Å². The first kappa shape index (κ1) is 24.5. The molecule has 35 heavy (non-hydrogen) atoms. The van der Waals surface area contributed by atoms with Crippen molar-refractivity contribution in [2.24, 2.45) is 5.92 Å². The SMILES string of the molecule is Cc1c(NC(=O)C2CCCN(Cc3nc(-c4ccc(C(C)(C)C)cc4)no3)C2)cccc1[N+](=O)[O-]. The molecule has 0 aliphatic carbocycles. The van der Waals surface area contributed by atoms with Crippen molar-refractivity contribution < 1.29 is 14.2 Å². The highest BCUT2D eigenvalue weighted by Gasteiger charge is 2.28. The minimum Gasteiger partial charge on any atom is -0.338 e. The number of nitrogens with one attached hydrogen (secondary N) is 1. The van der Waals surface area contributed by atoms with Crippen LogP contribution in [-0.2, 0) is 16.8 Å². The lowest BCUT2D eigenvalue weighted by molar-refractivity contribution is -0.385. The van der Waals surface area contributed by atoms with Crippen molar-refractivity contribution in [1.29, 1.82) is 0 Å². The highest BCUT2D eigenvalue weighted by Crippen LogP contribution is 2.28. The molecule has 0 spiro atoms. The van der Waals surface area contributed by atoms with E-state index in [1.165, 1.54) is 11.6 Å². The average Bonchev–Trinajstić information content (AvgIpc) is 3.28. The number of rotatable bonds is 6. The summed E-state index contributed by atoms with van der Waals surface area (Å²) in [5.74, 6) is 0.696. The van der Waals surface area contributed by atoms with E-state index in [0.717, 1.165) is 24.9 Å². The zero-order valence-electron chi connectivity index (χ0n) is 20.6. The van der Waals surface area contributed by atoms with Gasteiger partial charge in [0.1, 0.15) is 0 Å². The van der Waals surface area contributed by atoms with Crippen molar-refractivity contribution >= 4 is 17.3 Å². The van der Waals surface area contributed by atoms with E-state index in [0.29, 0.717) is 36.1 Å². The predicted molar refractivity (Wildman–Crippen MR) is 133 cm³/mol. The van der Waals surface area contributed by atoms with E-state index < -0.39 is 4.92 Å². The lowest BCUT2D eigenvalue weighted by Crippen LogP contribution is -2.40. The van der Waals surface area contributed by atoms with Gasteiger partial charge in [0.25, 0.3) is 5.69 Å². The number of carbonyl (C=O) groups is 1. The Kier molecular flexibility index (Phi) is 6.98. The van der Waals surface area contributed by atoms with Crippen LogP contribution in [0.2, 0.25) is 0 Å². The summed E-state index contributed by atoms with van der Waals surface area (Å²) in [7, 11) is 0. The van der Waals surface area contributed by atoms with Crippen LogP contribution in [0.4, 0.5) is 11.4 Å². The Morgan fingerprint density at radius 2 is 1.97 bits per heavy atom. The fourth-order valence-corrected chi connectivity index (χ4v) is 4.35. The van der Waals surface area contributed by atoms with Crippen LogP contribution < -0.4 is 5.32 Å². The molecule has 3 aromatic rings. The van der Waals surface area contributed by atoms with Gasteiger partial charge in [0.15, 0.2) is 0 Å². The molecule has 1 unspecified atom stereocenters. The maximum atomic E-state index is 12.9. The lowest BCUT2D eigenvalue weighted by Gasteiger charge is -2.31. The first-order valence-corrected chi connectivity index (χ1v) is 11.8. The lowest BCUT2D eigenvalue weighted by atomic mass is 9.87. The van der Waals surface area contributed by atoms with E-state index >= 15 is 0 Å². The molecule has 1 saturated heterocycles. The molecule has 1 amide bonds. The topological polar surface area (TPSA) is 114 Å². The summed E-state index contributed by atoms with van der Waals surface area (Å²) in [5, 5.41) is 18.2. The molecule has 1 aliphatic heterocycles. The predicted octanol–water partition coefficient (Wildman–Crippen LogP) is 5.10. The molecule has 4 rings (SSSR count). The maximum absolute atomic E-state index is 12.9. The van der Waals surface area contributed by atoms with Crippen LogP contribution in [0.5, 0.6) is 0 Å². The minimum atomic E-state index is -0.440. The summed E-state index contributed by atoms with van der Waals surface area (Å²) in [4.78, 5) is 30.4. The van der Waals surface area contributed by atoms with E-state index in [2.05, 4.69) is 53.3 Å². The Hall–Kier alpha value is -3.59. The van der Waals surface area contributed by atoms with Gasteiger partial charge in [-0.2, -0.15) is 4.98 Å². The van der Waals surface area contributed by atoms with Crippen molar-refractivity contribution in [3.8, 4) is 11.4 Å². The van der Waals surface area contributed by atoms with Gasteiger partial charge in [-0.1, -0.05) is 56.3 Å². The third-order valence-corrected chi connectivity index (χ3v) is 6.47. The number of aromatic nitrogens is 2. The zero-order valence-corrected chi connectivity index (χ0v) is 20.6. The second kappa shape index (κ2) is 9.95. The summed E-state index contributed by atoms with van der Waals surface area (Å²) in [5.41, 5.74) is 3.13. The van der Waals surface area contributed by atoms with Gasteiger partial charge < -0.3 is 9.84 Å². The first-order chi connectivity index (χ1) is 16.6. The molecule has 1 N–H and O–H groups in total. The Morgan fingerprint density at radius 3 is 2.66 bits per heavy atom. The summed E-state index contributed by atoms with van der Waals surface area (Å²) < 4.78 is 5.49. The number of piperidine rings is 1. The molecule has 0 radical (unpaired) electrons. The largest absolute Gasteiger partial charge is 0.338 e. The van der Waals surface area contributed by atoms with E-state index in [9.17, 15) is 14.9 Å². The number of anilines is 1. The molecule has 1 fully saturated rings. The smallest absolute Gasteiger partial charge is 0.274 e. The van der Waals surface area contributed by atoms with Gasteiger partial charge >= 0.3 is 0 Å². The van der Waals surface area contributed by atoms with Gasteiger partial charge in [-0.15, -0.1) is 0 Å². The fraction of sp³-hybridized carbons (Fsp3) is 0.423. The van der Waals surface area contributed by atoms with Crippen LogP contribution in [0.1, 0.15) is 50.6 Å². The number of hydrogen-bond acceptors (Lipinski definition) is 7. The molecule has 9 nitrogen and oxygen atoms in total. The van der Waals surface area contributed by atoms with E-state index in [1.807, 2.05) is 12.1 Å². The van der Waals surface area contributed by atoms with Crippen LogP contribution in [0.25, 0.3) is 11.4 Å². The minimum absolute atomic E-state index is 0.00619. The van der Waals surface area contributed by atoms with Crippen molar-refractivity contribution in [3.05, 3.63) is 69.6 Å². The van der Waals surface area contributed by atoms with Gasteiger partial charge in [-0.05, 0) is 43.4 Å². The number of likely N-dealkylation sites (tertiary alicyclic amines) is 1. The number of nitrogens with zero attached hydrogens (tertiary/aromatic N) is 4. The molecule has 1 aliphatic rings. The van der Waals surface area contributed by atoms with Crippen LogP contribution in [-0.4, -0.2) is 39.0 Å². The molecule has 1 aromatic heterocycles.